The number of aliphatic hydroxyl groups is 1. The van der Waals surface area contributed by atoms with Crippen LogP contribution >= 0.6 is 11.3 Å². The standard InChI is InChI=1S/C23H20N2O2S/c26-11-7-21(25-9-12-27-13-10-25)23-15-19-18(2-1-3-22(19)28-23)16-4-5-20-17(14-16)6-8-24-20/h1-6,8,14-15,21,24,26H,9-10,12-13H2. The van der Waals surface area contributed by atoms with Crippen molar-refractivity contribution in [1.29, 1.82) is 0 Å². The molecule has 140 valence electrons. The first kappa shape index (κ1) is 17.3. The Balaban J connectivity index is 1.60. The summed E-state index contributed by atoms with van der Waals surface area (Å²) in [5.74, 6) is 2.99. The normalized spacial score (nSPS) is 16.1. The van der Waals surface area contributed by atoms with Crippen molar-refractivity contribution in [3.63, 3.8) is 0 Å². The molecule has 0 bridgehead atoms. The van der Waals surface area contributed by atoms with E-state index >= 15 is 0 Å². The molecule has 0 aliphatic carbocycles. The van der Waals surface area contributed by atoms with E-state index in [1.54, 1.807) is 11.3 Å². The molecule has 2 N–H and O–H groups in total. The molecule has 1 aliphatic rings. The Kier molecular flexibility index (Phi) is 4.53. The number of aromatic amines is 1. The molecule has 2 aromatic heterocycles. The Hall–Kier alpha value is -2.78. The summed E-state index contributed by atoms with van der Waals surface area (Å²) >= 11 is 1.75. The van der Waals surface area contributed by atoms with Gasteiger partial charge in [-0.25, -0.2) is 0 Å². The van der Waals surface area contributed by atoms with Gasteiger partial charge in [0.1, 0.15) is 12.1 Å². The second-order valence-electron chi connectivity index (χ2n) is 6.95. The molecule has 0 spiro atoms. The van der Waals surface area contributed by atoms with Crippen molar-refractivity contribution in [2.45, 2.75) is 6.04 Å². The number of morpholine rings is 1. The van der Waals surface area contributed by atoms with Crippen LogP contribution in [-0.2, 0) is 4.74 Å². The lowest BCUT2D eigenvalue weighted by atomic mass is 10.00. The minimum atomic E-state index is -0.105. The van der Waals surface area contributed by atoms with Crippen LogP contribution in [0, 0.1) is 12.0 Å². The topological polar surface area (TPSA) is 48.5 Å². The number of ether oxygens (including phenoxy) is 1. The largest absolute Gasteiger partial charge is 0.462 e. The highest BCUT2D eigenvalue weighted by molar-refractivity contribution is 7.19. The molecule has 5 rings (SSSR count). The van der Waals surface area contributed by atoms with Gasteiger partial charge in [0, 0.05) is 39.8 Å². The van der Waals surface area contributed by atoms with Gasteiger partial charge in [0.2, 0.25) is 0 Å². The van der Waals surface area contributed by atoms with E-state index in [1.165, 1.54) is 26.6 Å². The quantitative estimate of drug-likeness (QED) is 0.498. The van der Waals surface area contributed by atoms with E-state index in [0.717, 1.165) is 23.5 Å². The Bertz CT molecular complexity index is 1190. The van der Waals surface area contributed by atoms with Gasteiger partial charge < -0.3 is 14.8 Å². The molecule has 28 heavy (non-hydrogen) atoms. The lowest BCUT2D eigenvalue weighted by Crippen LogP contribution is -2.38. The van der Waals surface area contributed by atoms with Crippen molar-refractivity contribution >= 4 is 32.3 Å². The summed E-state index contributed by atoms with van der Waals surface area (Å²) in [7, 11) is 0. The smallest absolute Gasteiger partial charge is 0.110 e. The third-order valence-electron chi connectivity index (χ3n) is 5.33. The van der Waals surface area contributed by atoms with Gasteiger partial charge in [0.05, 0.1) is 13.2 Å². The number of H-pyrrole nitrogens is 1. The third kappa shape index (κ3) is 3.06. The summed E-state index contributed by atoms with van der Waals surface area (Å²) in [5.41, 5.74) is 3.58. The summed E-state index contributed by atoms with van der Waals surface area (Å²) in [6.07, 6.45) is 4.11. The van der Waals surface area contributed by atoms with Crippen molar-refractivity contribution in [3.8, 4) is 23.2 Å². The average molecular weight is 388 g/mol. The Morgan fingerprint density at radius 3 is 2.86 bits per heavy atom. The van der Waals surface area contributed by atoms with E-state index < -0.39 is 0 Å². The number of thiophene rings is 1. The zero-order valence-electron chi connectivity index (χ0n) is 15.3. The second kappa shape index (κ2) is 7.33. The Labute approximate surface area is 167 Å². The zero-order chi connectivity index (χ0) is 18.9. The maximum atomic E-state index is 9.30. The number of benzene rings is 2. The van der Waals surface area contributed by atoms with Gasteiger partial charge in [-0.05, 0) is 52.8 Å². The summed E-state index contributed by atoms with van der Waals surface area (Å²) in [5, 5.41) is 11.7. The number of hydrogen-bond donors (Lipinski definition) is 2. The van der Waals surface area contributed by atoms with Gasteiger partial charge in [0.15, 0.2) is 0 Å². The molecule has 4 nitrogen and oxygen atoms in total. The first-order chi connectivity index (χ1) is 13.8. The Morgan fingerprint density at radius 1 is 1.11 bits per heavy atom. The van der Waals surface area contributed by atoms with Crippen molar-refractivity contribution in [3.05, 3.63) is 59.6 Å². The van der Waals surface area contributed by atoms with Crippen molar-refractivity contribution < 1.29 is 9.84 Å². The SMILES string of the molecule is OC#CC(c1cc2c(-c3ccc4[nH]ccc4c3)cccc2s1)N1CCOCC1. The molecule has 4 aromatic rings. The molecular weight excluding hydrogens is 368 g/mol. The molecule has 2 aromatic carbocycles. The van der Waals surface area contributed by atoms with Crippen LogP contribution in [0.3, 0.4) is 0 Å². The van der Waals surface area contributed by atoms with Crippen LogP contribution < -0.4 is 0 Å². The fraction of sp³-hybridized carbons (Fsp3) is 0.217. The van der Waals surface area contributed by atoms with Crippen molar-refractivity contribution in [1.82, 2.24) is 9.88 Å². The van der Waals surface area contributed by atoms with Crippen LogP contribution in [0.1, 0.15) is 10.9 Å². The van der Waals surface area contributed by atoms with Gasteiger partial charge in [0.25, 0.3) is 0 Å². The summed E-state index contributed by atoms with van der Waals surface area (Å²) in [6, 6.07) is 17.2. The van der Waals surface area contributed by atoms with E-state index in [0.29, 0.717) is 13.2 Å². The van der Waals surface area contributed by atoms with Crippen LogP contribution in [-0.4, -0.2) is 41.3 Å². The van der Waals surface area contributed by atoms with Crippen LogP contribution in [0.5, 0.6) is 0 Å². The van der Waals surface area contributed by atoms with Crippen molar-refractivity contribution in [2.75, 3.05) is 26.3 Å². The number of fused-ring (bicyclic) bond motifs is 2. The minimum Gasteiger partial charge on any atom is -0.462 e. The molecule has 0 saturated carbocycles. The molecule has 1 aliphatic heterocycles. The van der Waals surface area contributed by atoms with Gasteiger partial charge >= 0.3 is 0 Å². The third-order valence-corrected chi connectivity index (χ3v) is 6.48. The van der Waals surface area contributed by atoms with E-state index in [1.807, 2.05) is 6.20 Å². The fourth-order valence-corrected chi connectivity index (χ4v) is 5.10. The highest BCUT2D eigenvalue weighted by Gasteiger charge is 2.23. The molecule has 0 radical (unpaired) electrons. The number of nitrogens with one attached hydrogen (secondary N) is 1. The predicted octanol–water partition coefficient (Wildman–Crippen LogP) is 4.76. The Morgan fingerprint density at radius 2 is 2.00 bits per heavy atom. The van der Waals surface area contributed by atoms with Gasteiger partial charge in [-0.2, -0.15) is 0 Å². The van der Waals surface area contributed by atoms with Gasteiger partial charge in [-0.1, -0.05) is 18.2 Å². The first-order valence-corrected chi connectivity index (χ1v) is 10.2. The molecule has 1 unspecified atom stereocenters. The van der Waals surface area contributed by atoms with Gasteiger partial charge in [-0.15, -0.1) is 11.3 Å². The maximum absolute atomic E-state index is 9.30. The number of rotatable bonds is 3. The van der Waals surface area contributed by atoms with Crippen molar-refractivity contribution in [2.24, 2.45) is 0 Å². The van der Waals surface area contributed by atoms with E-state index in [9.17, 15) is 5.11 Å². The fourth-order valence-electron chi connectivity index (χ4n) is 3.93. The van der Waals surface area contributed by atoms with E-state index in [2.05, 4.69) is 70.4 Å². The molecule has 1 fully saturated rings. The number of nitrogens with zero attached hydrogens (tertiary/aromatic N) is 1. The lowest BCUT2D eigenvalue weighted by Gasteiger charge is -2.30. The number of aliphatic hydroxyl groups excluding tert-OH is 1. The highest BCUT2D eigenvalue weighted by atomic mass is 32.1. The van der Waals surface area contributed by atoms with E-state index in [4.69, 9.17) is 4.74 Å². The van der Waals surface area contributed by atoms with Crippen LogP contribution in [0.4, 0.5) is 0 Å². The van der Waals surface area contributed by atoms with Crippen LogP contribution in [0.2, 0.25) is 0 Å². The molecule has 3 heterocycles. The second-order valence-corrected chi connectivity index (χ2v) is 8.07. The summed E-state index contributed by atoms with van der Waals surface area (Å²) in [4.78, 5) is 6.69. The highest BCUT2D eigenvalue weighted by Crippen LogP contribution is 2.38. The predicted molar refractivity (Wildman–Crippen MR) is 114 cm³/mol. The number of aromatic nitrogens is 1. The molecule has 1 saturated heterocycles. The minimum absolute atomic E-state index is 0.105. The number of hydrogen-bond acceptors (Lipinski definition) is 4. The molecule has 0 amide bonds. The first-order valence-electron chi connectivity index (χ1n) is 9.40. The monoisotopic (exact) mass is 388 g/mol. The van der Waals surface area contributed by atoms with Gasteiger partial charge in [-0.3, -0.25) is 4.90 Å². The summed E-state index contributed by atoms with van der Waals surface area (Å²) < 4.78 is 6.71. The average Bonchev–Trinajstić information content (AvgIpc) is 3.38. The maximum Gasteiger partial charge on any atom is 0.110 e. The lowest BCUT2D eigenvalue weighted by molar-refractivity contribution is 0.0274. The van der Waals surface area contributed by atoms with E-state index in [-0.39, 0.29) is 6.04 Å². The molecule has 1 atom stereocenters. The zero-order valence-corrected chi connectivity index (χ0v) is 16.1. The molecule has 5 heteroatoms. The van der Waals surface area contributed by atoms with Crippen LogP contribution in [0.15, 0.2) is 54.7 Å². The summed E-state index contributed by atoms with van der Waals surface area (Å²) in [6.45, 7) is 3.06. The van der Waals surface area contributed by atoms with Crippen LogP contribution in [0.25, 0.3) is 32.1 Å². The molecular formula is C23H20N2O2S.